The number of aromatic nitrogens is 4. The molecule has 0 aliphatic heterocycles. The van der Waals surface area contributed by atoms with Gasteiger partial charge in [0, 0.05) is 24.0 Å². The van der Waals surface area contributed by atoms with Gasteiger partial charge in [-0.15, -0.1) is 5.10 Å². The van der Waals surface area contributed by atoms with Crippen molar-refractivity contribution in [3.8, 4) is 39.3 Å². The molecule has 4 heterocycles. The zero-order chi connectivity index (χ0) is 24.6. The molecule has 4 aromatic heterocycles. The molecule has 2 aromatic carbocycles. The number of rotatable bonds is 7. The molecule has 6 rings (SSSR count). The van der Waals surface area contributed by atoms with Crippen LogP contribution in [-0.4, -0.2) is 33.8 Å². The van der Waals surface area contributed by atoms with Gasteiger partial charge in [-0.1, -0.05) is 18.2 Å². The number of hydrogen-bond donors (Lipinski definition) is 0. The Bertz CT molecular complexity index is 1670. The van der Waals surface area contributed by atoms with E-state index in [1.54, 1.807) is 18.7 Å². The number of methoxy groups -OCH3 is 2. The topological polar surface area (TPSA) is 83.9 Å². The molecule has 36 heavy (non-hydrogen) atoms. The van der Waals surface area contributed by atoms with Crippen molar-refractivity contribution in [1.29, 1.82) is 0 Å². The van der Waals surface area contributed by atoms with Crippen LogP contribution < -0.4 is 14.2 Å². The molecule has 0 radical (unpaired) electrons. The minimum absolute atomic E-state index is 0.393. The summed E-state index contributed by atoms with van der Waals surface area (Å²) < 4.78 is 24.8. The van der Waals surface area contributed by atoms with E-state index in [0.29, 0.717) is 40.3 Å². The SMILES string of the molecule is COc1cc(OCc2cccc(-c3ccnc(C)c3)c2)c2cc(-c3cn4nc(OC)sc4n3)oc2c1. The molecule has 8 nitrogen and oxygen atoms in total. The van der Waals surface area contributed by atoms with Gasteiger partial charge in [-0.2, -0.15) is 0 Å². The third kappa shape index (κ3) is 4.14. The van der Waals surface area contributed by atoms with Gasteiger partial charge in [0.1, 0.15) is 29.4 Å². The Morgan fingerprint density at radius 3 is 2.69 bits per heavy atom. The van der Waals surface area contributed by atoms with E-state index in [4.69, 9.17) is 18.6 Å². The summed E-state index contributed by atoms with van der Waals surface area (Å²) in [5.41, 5.74) is 5.61. The third-order valence-corrected chi connectivity index (χ3v) is 6.70. The van der Waals surface area contributed by atoms with Crippen LogP contribution >= 0.6 is 11.3 Å². The summed E-state index contributed by atoms with van der Waals surface area (Å²) >= 11 is 1.36. The van der Waals surface area contributed by atoms with Crippen molar-refractivity contribution >= 4 is 27.3 Å². The Balaban J connectivity index is 1.31. The summed E-state index contributed by atoms with van der Waals surface area (Å²) in [7, 11) is 3.21. The van der Waals surface area contributed by atoms with Gasteiger partial charge in [-0.25, -0.2) is 9.50 Å². The number of benzene rings is 2. The quantitative estimate of drug-likeness (QED) is 0.260. The summed E-state index contributed by atoms with van der Waals surface area (Å²) in [6.45, 7) is 2.38. The molecular formula is C27H22N4O4S. The molecule has 0 saturated carbocycles. The maximum atomic E-state index is 6.28. The molecule has 0 N–H and O–H groups in total. The zero-order valence-corrected chi connectivity index (χ0v) is 20.7. The molecule has 0 amide bonds. The van der Waals surface area contributed by atoms with E-state index in [1.165, 1.54) is 11.3 Å². The normalized spacial score (nSPS) is 11.3. The van der Waals surface area contributed by atoms with Crippen LogP contribution in [0.2, 0.25) is 0 Å². The lowest BCUT2D eigenvalue weighted by atomic mass is 10.0. The van der Waals surface area contributed by atoms with Crippen LogP contribution in [0.3, 0.4) is 0 Å². The van der Waals surface area contributed by atoms with Gasteiger partial charge in [-0.05, 0) is 59.2 Å². The average Bonchev–Trinajstić information content (AvgIpc) is 3.60. The summed E-state index contributed by atoms with van der Waals surface area (Å²) in [5.74, 6) is 1.94. The number of furan rings is 1. The molecule has 0 saturated heterocycles. The molecule has 6 aromatic rings. The Labute approximate surface area is 210 Å². The fourth-order valence-corrected chi connectivity index (χ4v) is 4.76. The highest BCUT2D eigenvalue weighted by atomic mass is 32.1. The Kier molecular flexibility index (Phi) is 5.54. The van der Waals surface area contributed by atoms with Crippen LogP contribution in [0.1, 0.15) is 11.3 Å². The standard InChI is InChI=1S/C27H22N4O4S/c1-16-9-19(7-8-28-16)18-6-4-5-17(10-18)15-34-23-11-20(32-2)12-24-21(23)13-25(35-24)22-14-31-26(29-22)36-27(30-31)33-3/h4-14H,15H2,1-3H3. The second kappa shape index (κ2) is 9.01. The van der Waals surface area contributed by atoms with Gasteiger partial charge in [0.25, 0.3) is 5.19 Å². The van der Waals surface area contributed by atoms with Crippen LogP contribution in [0.25, 0.3) is 38.5 Å². The van der Waals surface area contributed by atoms with E-state index in [-0.39, 0.29) is 0 Å². The minimum Gasteiger partial charge on any atom is -0.496 e. The van der Waals surface area contributed by atoms with Crippen LogP contribution in [0, 0.1) is 6.92 Å². The number of aryl methyl sites for hydroxylation is 1. The number of ether oxygens (including phenoxy) is 3. The van der Waals surface area contributed by atoms with Crippen LogP contribution in [0.4, 0.5) is 0 Å². The molecule has 0 bridgehead atoms. The van der Waals surface area contributed by atoms with E-state index < -0.39 is 0 Å². The predicted octanol–water partition coefficient (Wildman–Crippen LogP) is 6.17. The predicted molar refractivity (Wildman–Crippen MR) is 138 cm³/mol. The number of imidazole rings is 1. The van der Waals surface area contributed by atoms with E-state index in [2.05, 4.69) is 39.3 Å². The third-order valence-electron chi connectivity index (χ3n) is 5.81. The minimum atomic E-state index is 0.393. The van der Waals surface area contributed by atoms with Gasteiger partial charge < -0.3 is 18.6 Å². The summed E-state index contributed by atoms with van der Waals surface area (Å²) in [6, 6.07) is 18.0. The molecule has 0 aliphatic rings. The molecule has 180 valence electrons. The summed E-state index contributed by atoms with van der Waals surface area (Å²) in [6.07, 6.45) is 3.64. The highest BCUT2D eigenvalue weighted by Crippen LogP contribution is 2.37. The van der Waals surface area contributed by atoms with Crippen molar-refractivity contribution in [3.63, 3.8) is 0 Å². The monoisotopic (exact) mass is 498 g/mol. The zero-order valence-electron chi connectivity index (χ0n) is 19.9. The molecule has 0 atom stereocenters. The van der Waals surface area contributed by atoms with Gasteiger partial charge >= 0.3 is 0 Å². The van der Waals surface area contributed by atoms with Crippen molar-refractivity contribution in [3.05, 3.63) is 78.2 Å². The molecule has 9 heteroatoms. The first kappa shape index (κ1) is 22.1. The first-order valence-electron chi connectivity index (χ1n) is 11.3. The number of hydrogen-bond acceptors (Lipinski definition) is 8. The number of pyridine rings is 1. The largest absolute Gasteiger partial charge is 0.496 e. The van der Waals surface area contributed by atoms with Gasteiger partial charge in [-0.3, -0.25) is 4.98 Å². The van der Waals surface area contributed by atoms with Crippen LogP contribution in [0.15, 0.2) is 71.4 Å². The summed E-state index contributed by atoms with van der Waals surface area (Å²) in [5, 5.41) is 5.73. The maximum absolute atomic E-state index is 6.28. The van der Waals surface area contributed by atoms with Crippen molar-refractivity contribution in [1.82, 2.24) is 19.6 Å². The fourth-order valence-electron chi connectivity index (χ4n) is 4.06. The van der Waals surface area contributed by atoms with Crippen molar-refractivity contribution in [2.45, 2.75) is 13.5 Å². The lowest BCUT2D eigenvalue weighted by Gasteiger charge is -2.10. The second-order valence-corrected chi connectivity index (χ2v) is 9.17. The van der Waals surface area contributed by atoms with Gasteiger partial charge in [0.15, 0.2) is 5.76 Å². The highest BCUT2D eigenvalue weighted by Gasteiger charge is 2.17. The Hall–Kier alpha value is -4.37. The molecule has 0 aliphatic carbocycles. The van der Waals surface area contributed by atoms with E-state index >= 15 is 0 Å². The number of nitrogens with zero attached hydrogens (tertiary/aromatic N) is 4. The molecule has 0 unspecified atom stereocenters. The lowest BCUT2D eigenvalue weighted by Crippen LogP contribution is -1.97. The first-order valence-corrected chi connectivity index (χ1v) is 12.1. The van der Waals surface area contributed by atoms with Crippen molar-refractivity contribution in [2.75, 3.05) is 14.2 Å². The van der Waals surface area contributed by atoms with Crippen LogP contribution in [0.5, 0.6) is 16.7 Å². The van der Waals surface area contributed by atoms with E-state index in [9.17, 15) is 0 Å². The highest BCUT2D eigenvalue weighted by molar-refractivity contribution is 7.18. The fraction of sp³-hybridized carbons (Fsp3) is 0.148. The lowest BCUT2D eigenvalue weighted by molar-refractivity contribution is 0.307. The smallest absolute Gasteiger partial charge is 0.294 e. The van der Waals surface area contributed by atoms with E-state index in [0.717, 1.165) is 32.7 Å². The maximum Gasteiger partial charge on any atom is 0.294 e. The van der Waals surface area contributed by atoms with Crippen LogP contribution in [-0.2, 0) is 6.61 Å². The van der Waals surface area contributed by atoms with Crippen molar-refractivity contribution < 1.29 is 18.6 Å². The van der Waals surface area contributed by atoms with Gasteiger partial charge in [0.2, 0.25) is 4.96 Å². The average molecular weight is 499 g/mol. The summed E-state index contributed by atoms with van der Waals surface area (Å²) in [4.78, 5) is 9.64. The Morgan fingerprint density at radius 1 is 1.00 bits per heavy atom. The van der Waals surface area contributed by atoms with Crippen molar-refractivity contribution in [2.24, 2.45) is 0 Å². The van der Waals surface area contributed by atoms with E-state index in [1.807, 2.05) is 49.6 Å². The Morgan fingerprint density at radius 2 is 1.89 bits per heavy atom. The van der Waals surface area contributed by atoms with Gasteiger partial charge in [0.05, 0.1) is 25.8 Å². The molecule has 0 spiro atoms. The first-order chi connectivity index (χ1) is 17.6. The second-order valence-electron chi connectivity index (χ2n) is 8.25. The number of fused-ring (bicyclic) bond motifs is 2. The molecule has 0 fully saturated rings. The molecular weight excluding hydrogens is 476 g/mol.